The van der Waals surface area contributed by atoms with Gasteiger partial charge in [-0.1, -0.05) is 6.92 Å². The number of aryl methyl sites for hydroxylation is 1. The lowest BCUT2D eigenvalue weighted by Crippen LogP contribution is -2.41. The summed E-state index contributed by atoms with van der Waals surface area (Å²) in [5.74, 6) is -0.591. The van der Waals surface area contributed by atoms with Gasteiger partial charge in [-0.3, -0.25) is 4.79 Å². The van der Waals surface area contributed by atoms with E-state index in [0.717, 1.165) is 4.31 Å². The molecule has 0 heterocycles. The summed E-state index contributed by atoms with van der Waals surface area (Å²) in [4.78, 5) is 11.0. The monoisotopic (exact) mass is 315 g/mol. The summed E-state index contributed by atoms with van der Waals surface area (Å²) in [6, 6.07) is 4.09. The van der Waals surface area contributed by atoms with E-state index in [0.29, 0.717) is 17.7 Å². The Morgan fingerprint density at radius 3 is 2.48 bits per heavy atom. The third-order valence-corrected chi connectivity index (χ3v) is 5.30. The highest BCUT2D eigenvalue weighted by Gasteiger charge is 2.30. The number of nitrogens with zero attached hydrogens (tertiary/aromatic N) is 1. The molecule has 0 aliphatic carbocycles. The van der Waals surface area contributed by atoms with E-state index < -0.39 is 28.6 Å². The van der Waals surface area contributed by atoms with Crippen LogP contribution in [0.4, 0.5) is 0 Å². The lowest BCUT2D eigenvalue weighted by Gasteiger charge is -2.26. The molecule has 1 atom stereocenters. The average molecular weight is 315 g/mol. The van der Waals surface area contributed by atoms with Crippen LogP contribution in [-0.4, -0.2) is 43.5 Å². The highest BCUT2D eigenvalue weighted by atomic mass is 32.2. The van der Waals surface area contributed by atoms with Crippen LogP contribution in [0.3, 0.4) is 0 Å². The van der Waals surface area contributed by atoms with E-state index in [4.69, 9.17) is 9.84 Å². The van der Waals surface area contributed by atoms with Gasteiger partial charge in [0.25, 0.3) is 0 Å². The Kier molecular flexibility index (Phi) is 5.74. The fourth-order valence-electron chi connectivity index (χ4n) is 1.96. The zero-order valence-electron chi connectivity index (χ0n) is 12.7. The molecular weight excluding hydrogens is 294 g/mol. The highest BCUT2D eigenvalue weighted by Crippen LogP contribution is 2.25. The van der Waals surface area contributed by atoms with Gasteiger partial charge in [0.2, 0.25) is 10.0 Å². The Balaban J connectivity index is 3.28. The molecule has 0 bridgehead atoms. The van der Waals surface area contributed by atoms with Crippen molar-refractivity contribution in [1.29, 1.82) is 0 Å². The molecule has 1 unspecified atom stereocenters. The van der Waals surface area contributed by atoms with Gasteiger partial charge in [-0.15, -0.1) is 0 Å². The first-order chi connectivity index (χ1) is 9.73. The molecule has 1 aromatic carbocycles. The minimum absolute atomic E-state index is 0.0716. The zero-order chi connectivity index (χ0) is 16.2. The summed E-state index contributed by atoms with van der Waals surface area (Å²) in [6.45, 7) is 4.69. The van der Waals surface area contributed by atoms with Crippen molar-refractivity contribution in [3.63, 3.8) is 0 Å². The van der Waals surface area contributed by atoms with Crippen molar-refractivity contribution < 1.29 is 23.1 Å². The van der Waals surface area contributed by atoms with E-state index in [1.54, 1.807) is 19.9 Å². The number of hydrogen-bond acceptors (Lipinski definition) is 4. The maximum absolute atomic E-state index is 12.6. The lowest BCUT2D eigenvalue weighted by molar-refractivity contribution is -0.137. The number of carboxylic acids is 1. The molecule has 0 aliphatic heterocycles. The molecule has 21 heavy (non-hydrogen) atoms. The van der Waals surface area contributed by atoms with Gasteiger partial charge in [0, 0.05) is 6.04 Å². The SMILES string of the molecule is CCC(C)N(CC(=O)O)S(=O)(=O)c1ccc(OC)c(C)c1. The predicted octanol–water partition coefficient (Wildman–Crippen LogP) is 1.88. The van der Waals surface area contributed by atoms with Crippen LogP contribution in [0.1, 0.15) is 25.8 Å². The third-order valence-electron chi connectivity index (χ3n) is 3.35. The molecule has 6 nitrogen and oxygen atoms in total. The minimum atomic E-state index is -3.86. The van der Waals surface area contributed by atoms with Crippen LogP contribution in [0.5, 0.6) is 5.75 Å². The second-order valence-corrected chi connectivity index (χ2v) is 6.72. The topological polar surface area (TPSA) is 83.9 Å². The van der Waals surface area contributed by atoms with Crippen molar-refractivity contribution >= 4 is 16.0 Å². The number of methoxy groups -OCH3 is 1. The normalized spacial score (nSPS) is 13.2. The molecule has 0 radical (unpaired) electrons. The van der Waals surface area contributed by atoms with Crippen LogP contribution < -0.4 is 4.74 Å². The smallest absolute Gasteiger partial charge is 0.318 e. The van der Waals surface area contributed by atoms with Crippen molar-refractivity contribution in [2.24, 2.45) is 0 Å². The predicted molar refractivity (Wildman–Crippen MR) is 79.0 cm³/mol. The summed E-state index contributed by atoms with van der Waals surface area (Å²) in [7, 11) is -2.35. The maximum atomic E-state index is 12.6. The molecular formula is C14H21NO5S. The van der Waals surface area contributed by atoms with Crippen molar-refractivity contribution in [1.82, 2.24) is 4.31 Å². The van der Waals surface area contributed by atoms with Gasteiger partial charge >= 0.3 is 5.97 Å². The molecule has 0 spiro atoms. The fraction of sp³-hybridized carbons (Fsp3) is 0.500. The van der Waals surface area contributed by atoms with Gasteiger partial charge in [-0.05, 0) is 44.0 Å². The van der Waals surface area contributed by atoms with Crippen LogP contribution in [0.25, 0.3) is 0 Å². The number of hydrogen-bond donors (Lipinski definition) is 1. The number of rotatable bonds is 7. The van der Waals surface area contributed by atoms with E-state index in [2.05, 4.69) is 0 Å². The van der Waals surface area contributed by atoms with E-state index >= 15 is 0 Å². The molecule has 118 valence electrons. The molecule has 7 heteroatoms. The molecule has 1 rings (SSSR count). The zero-order valence-corrected chi connectivity index (χ0v) is 13.5. The Bertz CT molecular complexity index is 612. The lowest BCUT2D eigenvalue weighted by atomic mass is 10.2. The van der Waals surface area contributed by atoms with Crippen molar-refractivity contribution in [3.8, 4) is 5.75 Å². The summed E-state index contributed by atoms with van der Waals surface area (Å²) in [5, 5.41) is 8.95. The summed E-state index contributed by atoms with van der Waals surface area (Å²) < 4.78 is 31.4. The van der Waals surface area contributed by atoms with Crippen molar-refractivity contribution in [3.05, 3.63) is 23.8 Å². The number of ether oxygens (including phenoxy) is 1. The van der Waals surface area contributed by atoms with Gasteiger partial charge in [0.15, 0.2) is 0 Å². The first-order valence-electron chi connectivity index (χ1n) is 6.62. The first kappa shape index (κ1) is 17.5. The Hall–Kier alpha value is -1.60. The molecule has 0 saturated carbocycles. The minimum Gasteiger partial charge on any atom is -0.496 e. The van der Waals surface area contributed by atoms with Crippen LogP contribution in [0.2, 0.25) is 0 Å². The first-order valence-corrected chi connectivity index (χ1v) is 8.06. The summed E-state index contributed by atoms with van der Waals surface area (Å²) >= 11 is 0. The second-order valence-electron chi connectivity index (χ2n) is 4.83. The molecule has 0 amide bonds. The van der Waals surface area contributed by atoms with Gasteiger partial charge in [0.1, 0.15) is 12.3 Å². The Labute approximate surface area is 125 Å². The second kappa shape index (κ2) is 6.91. The van der Waals surface area contributed by atoms with E-state index in [-0.39, 0.29) is 4.90 Å². The number of carboxylic acid groups (broad SMARTS) is 1. The summed E-state index contributed by atoms with van der Waals surface area (Å²) in [5.41, 5.74) is 0.679. The number of carbonyl (C=O) groups is 1. The molecule has 1 aromatic rings. The Morgan fingerprint density at radius 1 is 1.43 bits per heavy atom. The van der Waals surface area contributed by atoms with Crippen LogP contribution >= 0.6 is 0 Å². The molecule has 0 saturated heterocycles. The third kappa shape index (κ3) is 3.95. The standard InChI is InChI=1S/C14H21NO5S/c1-5-11(3)15(9-14(16)17)21(18,19)12-6-7-13(20-4)10(2)8-12/h6-8,11H,5,9H2,1-4H3,(H,16,17). The largest absolute Gasteiger partial charge is 0.496 e. The highest BCUT2D eigenvalue weighted by molar-refractivity contribution is 7.89. The van der Waals surface area contributed by atoms with Crippen LogP contribution in [-0.2, 0) is 14.8 Å². The van der Waals surface area contributed by atoms with Gasteiger partial charge in [0.05, 0.1) is 12.0 Å². The van der Waals surface area contributed by atoms with Gasteiger partial charge in [-0.25, -0.2) is 8.42 Å². The van der Waals surface area contributed by atoms with Crippen LogP contribution in [0.15, 0.2) is 23.1 Å². The molecule has 1 N–H and O–H groups in total. The molecule has 0 aromatic heterocycles. The van der Waals surface area contributed by atoms with Crippen molar-refractivity contribution in [2.75, 3.05) is 13.7 Å². The Morgan fingerprint density at radius 2 is 2.05 bits per heavy atom. The number of benzene rings is 1. The van der Waals surface area contributed by atoms with E-state index in [1.807, 2.05) is 6.92 Å². The number of sulfonamides is 1. The molecule has 0 aliphatic rings. The number of aliphatic carboxylic acids is 1. The van der Waals surface area contributed by atoms with Gasteiger partial charge < -0.3 is 9.84 Å². The maximum Gasteiger partial charge on any atom is 0.318 e. The van der Waals surface area contributed by atoms with Crippen LogP contribution in [0, 0.1) is 6.92 Å². The van der Waals surface area contributed by atoms with Crippen molar-refractivity contribution in [2.45, 2.75) is 38.1 Å². The average Bonchev–Trinajstić information content (AvgIpc) is 2.43. The van der Waals surface area contributed by atoms with Gasteiger partial charge in [-0.2, -0.15) is 4.31 Å². The van der Waals surface area contributed by atoms with E-state index in [9.17, 15) is 13.2 Å². The quantitative estimate of drug-likeness (QED) is 0.830. The van der Waals surface area contributed by atoms with E-state index in [1.165, 1.54) is 19.2 Å². The summed E-state index contributed by atoms with van der Waals surface area (Å²) in [6.07, 6.45) is 0.529. The molecule has 0 fully saturated rings. The fourth-order valence-corrected chi connectivity index (χ4v) is 3.70.